The van der Waals surface area contributed by atoms with Gasteiger partial charge in [-0.05, 0) is 30.9 Å². The number of amides is 1. The van der Waals surface area contributed by atoms with Crippen molar-refractivity contribution in [2.45, 2.75) is 25.8 Å². The van der Waals surface area contributed by atoms with E-state index >= 15 is 0 Å². The van der Waals surface area contributed by atoms with Crippen LogP contribution in [0.25, 0.3) is 5.65 Å². The second-order valence-electron chi connectivity index (χ2n) is 6.22. The smallest absolute Gasteiger partial charge is 0.217 e. The molecule has 128 valence electrons. The Kier molecular flexibility index (Phi) is 4.98. The van der Waals surface area contributed by atoms with Crippen LogP contribution >= 0.6 is 0 Å². The largest absolute Gasteiger partial charge is 0.370 e. The number of primary amides is 1. The molecule has 0 aromatic carbocycles. The molecule has 1 fully saturated rings. The number of likely N-dealkylation sites (tertiary alicyclic amines) is 1. The maximum absolute atomic E-state index is 11.2. The van der Waals surface area contributed by atoms with Gasteiger partial charge < -0.3 is 20.4 Å². The third-order valence-electron chi connectivity index (χ3n) is 4.36. The van der Waals surface area contributed by atoms with Crippen LogP contribution in [0.5, 0.6) is 0 Å². The molecular formula is C17H24N6O. The molecule has 1 atom stereocenters. The van der Waals surface area contributed by atoms with Crippen LogP contribution in [0, 0.1) is 5.92 Å². The number of pyridine rings is 1. The predicted molar refractivity (Wildman–Crippen MR) is 93.5 cm³/mol. The first-order valence-corrected chi connectivity index (χ1v) is 8.32. The molecule has 3 rings (SSSR count). The molecule has 7 heteroatoms. The highest BCUT2D eigenvalue weighted by atomic mass is 16.1. The molecule has 3 N–H and O–H groups in total. The van der Waals surface area contributed by atoms with Crippen molar-refractivity contribution in [2.75, 3.05) is 20.1 Å². The average molecular weight is 328 g/mol. The molecule has 0 bridgehead atoms. The number of imidazole rings is 1. The van der Waals surface area contributed by atoms with Gasteiger partial charge in [0.25, 0.3) is 0 Å². The van der Waals surface area contributed by atoms with E-state index in [4.69, 9.17) is 5.73 Å². The summed E-state index contributed by atoms with van der Waals surface area (Å²) in [7, 11) is 1.78. The number of carbonyl (C=O) groups excluding carboxylic acids is 1. The molecule has 0 radical (unpaired) electrons. The standard InChI is InChI=1S/C17H24N6O/c1-19-17(23-8-4-5-13(11-23)9-15(18)24)20-10-14-12-22-7-3-2-6-16(22)21-14/h2-3,6-7,12-13H,4-5,8-11H2,1H3,(H2,18,24)(H,19,20). The van der Waals surface area contributed by atoms with Gasteiger partial charge in [0.05, 0.1) is 12.2 Å². The van der Waals surface area contributed by atoms with Crippen LogP contribution in [0.3, 0.4) is 0 Å². The van der Waals surface area contributed by atoms with Gasteiger partial charge >= 0.3 is 0 Å². The first-order chi connectivity index (χ1) is 11.7. The molecule has 24 heavy (non-hydrogen) atoms. The van der Waals surface area contributed by atoms with E-state index in [2.05, 4.69) is 20.2 Å². The van der Waals surface area contributed by atoms with Gasteiger partial charge in [0, 0.05) is 39.0 Å². The van der Waals surface area contributed by atoms with Gasteiger partial charge in [-0.1, -0.05) is 6.07 Å². The summed E-state index contributed by atoms with van der Waals surface area (Å²) in [6.45, 7) is 2.37. The highest BCUT2D eigenvalue weighted by Gasteiger charge is 2.23. The fourth-order valence-electron chi connectivity index (χ4n) is 3.28. The first kappa shape index (κ1) is 16.3. The average Bonchev–Trinajstić information content (AvgIpc) is 2.98. The normalized spacial score (nSPS) is 18.8. The number of nitrogens with zero attached hydrogens (tertiary/aromatic N) is 4. The van der Waals surface area contributed by atoms with Gasteiger partial charge in [-0.3, -0.25) is 9.79 Å². The summed E-state index contributed by atoms with van der Waals surface area (Å²) < 4.78 is 2.00. The van der Waals surface area contributed by atoms with Gasteiger partial charge in [-0.2, -0.15) is 0 Å². The number of nitrogens with two attached hydrogens (primary N) is 1. The minimum Gasteiger partial charge on any atom is -0.370 e. The summed E-state index contributed by atoms with van der Waals surface area (Å²) in [6, 6.07) is 5.94. The van der Waals surface area contributed by atoms with E-state index in [-0.39, 0.29) is 5.91 Å². The van der Waals surface area contributed by atoms with Crippen LogP contribution in [0.4, 0.5) is 0 Å². The Morgan fingerprint density at radius 3 is 3.12 bits per heavy atom. The van der Waals surface area contributed by atoms with E-state index in [1.54, 1.807) is 7.05 Å². The molecule has 1 unspecified atom stereocenters. The fourth-order valence-corrected chi connectivity index (χ4v) is 3.28. The number of rotatable bonds is 4. The molecule has 1 saturated heterocycles. The summed E-state index contributed by atoms with van der Waals surface area (Å²) in [5, 5.41) is 3.37. The molecule has 1 aliphatic rings. The number of piperidine rings is 1. The minimum absolute atomic E-state index is 0.227. The topological polar surface area (TPSA) is 88.0 Å². The summed E-state index contributed by atoms with van der Waals surface area (Å²) in [5.41, 5.74) is 7.23. The Labute approximate surface area is 141 Å². The third kappa shape index (κ3) is 3.84. The lowest BCUT2D eigenvalue weighted by Gasteiger charge is -2.34. The van der Waals surface area contributed by atoms with Gasteiger partial charge in [0.2, 0.25) is 5.91 Å². The van der Waals surface area contributed by atoms with Crippen LogP contribution in [0.15, 0.2) is 35.6 Å². The zero-order chi connectivity index (χ0) is 16.9. The third-order valence-corrected chi connectivity index (χ3v) is 4.36. The number of nitrogens with one attached hydrogen (secondary N) is 1. The molecule has 1 amide bonds. The highest BCUT2D eigenvalue weighted by molar-refractivity contribution is 5.80. The molecule has 2 aromatic heterocycles. The lowest BCUT2D eigenvalue weighted by atomic mass is 9.95. The van der Waals surface area contributed by atoms with Crippen LogP contribution < -0.4 is 11.1 Å². The SMILES string of the molecule is CN=C(NCc1cn2ccccc2n1)N1CCCC(CC(N)=O)C1. The number of guanidine groups is 1. The quantitative estimate of drug-likeness (QED) is 0.647. The summed E-state index contributed by atoms with van der Waals surface area (Å²) in [4.78, 5) is 22.3. The van der Waals surface area contributed by atoms with Crippen molar-refractivity contribution in [1.82, 2.24) is 19.6 Å². The van der Waals surface area contributed by atoms with Crippen molar-refractivity contribution >= 4 is 17.5 Å². The monoisotopic (exact) mass is 328 g/mol. The Morgan fingerprint density at radius 1 is 1.50 bits per heavy atom. The van der Waals surface area contributed by atoms with E-state index in [1.807, 2.05) is 35.0 Å². The molecule has 7 nitrogen and oxygen atoms in total. The summed E-state index contributed by atoms with van der Waals surface area (Å²) in [5.74, 6) is 0.931. The Morgan fingerprint density at radius 2 is 2.38 bits per heavy atom. The van der Waals surface area contributed by atoms with Crippen LogP contribution in [-0.2, 0) is 11.3 Å². The molecule has 0 aliphatic carbocycles. The molecule has 1 aliphatic heterocycles. The Hall–Kier alpha value is -2.57. The Balaban J connectivity index is 1.61. The van der Waals surface area contributed by atoms with Gasteiger partial charge in [0.15, 0.2) is 5.96 Å². The summed E-state index contributed by atoms with van der Waals surface area (Å²) in [6.07, 6.45) is 6.54. The molecule has 0 spiro atoms. The van der Waals surface area contributed by atoms with E-state index < -0.39 is 0 Å². The number of fused-ring (bicyclic) bond motifs is 1. The first-order valence-electron chi connectivity index (χ1n) is 8.32. The van der Waals surface area contributed by atoms with Crippen molar-refractivity contribution in [2.24, 2.45) is 16.6 Å². The predicted octanol–water partition coefficient (Wildman–Crippen LogP) is 0.997. The van der Waals surface area contributed by atoms with Crippen LogP contribution in [-0.4, -0.2) is 46.3 Å². The fraction of sp³-hybridized carbons (Fsp3) is 0.471. The summed E-state index contributed by atoms with van der Waals surface area (Å²) >= 11 is 0. The lowest BCUT2D eigenvalue weighted by molar-refractivity contribution is -0.119. The maximum Gasteiger partial charge on any atom is 0.217 e. The molecule has 0 saturated carbocycles. The zero-order valence-electron chi connectivity index (χ0n) is 14.0. The van der Waals surface area contributed by atoms with Crippen molar-refractivity contribution in [3.05, 3.63) is 36.3 Å². The second-order valence-corrected chi connectivity index (χ2v) is 6.22. The number of aromatic nitrogens is 2. The van der Waals surface area contributed by atoms with Crippen molar-refractivity contribution < 1.29 is 4.79 Å². The highest BCUT2D eigenvalue weighted by Crippen LogP contribution is 2.19. The van der Waals surface area contributed by atoms with E-state index in [0.717, 1.165) is 43.2 Å². The van der Waals surface area contributed by atoms with Crippen molar-refractivity contribution in [1.29, 1.82) is 0 Å². The minimum atomic E-state index is -0.227. The second kappa shape index (κ2) is 7.33. The maximum atomic E-state index is 11.2. The molecule has 2 aromatic rings. The Bertz CT molecular complexity index is 705. The van der Waals surface area contributed by atoms with E-state index in [9.17, 15) is 4.79 Å². The van der Waals surface area contributed by atoms with Crippen LogP contribution in [0.2, 0.25) is 0 Å². The van der Waals surface area contributed by atoms with Crippen molar-refractivity contribution in [3.63, 3.8) is 0 Å². The number of aliphatic imine (C=N–C) groups is 1. The van der Waals surface area contributed by atoms with Gasteiger partial charge in [-0.25, -0.2) is 4.98 Å². The molecule has 3 heterocycles. The van der Waals surface area contributed by atoms with Crippen LogP contribution in [0.1, 0.15) is 25.0 Å². The number of hydrogen-bond acceptors (Lipinski definition) is 3. The van der Waals surface area contributed by atoms with E-state index in [1.165, 1.54) is 0 Å². The molecular weight excluding hydrogens is 304 g/mol. The lowest BCUT2D eigenvalue weighted by Crippen LogP contribution is -2.46. The number of carbonyl (C=O) groups is 1. The van der Waals surface area contributed by atoms with Gasteiger partial charge in [0.1, 0.15) is 5.65 Å². The van der Waals surface area contributed by atoms with E-state index in [0.29, 0.717) is 18.9 Å². The van der Waals surface area contributed by atoms with Gasteiger partial charge in [-0.15, -0.1) is 0 Å². The van der Waals surface area contributed by atoms with Crippen molar-refractivity contribution in [3.8, 4) is 0 Å². The number of hydrogen-bond donors (Lipinski definition) is 2. The zero-order valence-corrected chi connectivity index (χ0v) is 14.0.